The number of methoxy groups -OCH3 is 1. The highest BCUT2D eigenvalue weighted by Gasteiger charge is 2.72. The maximum absolute atomic E-state index is 13.2. The number of fused-ring (bicyclic) bond motifs is 7. The number of ether oxygens (including phenoxy) is 2. The highest BCUT2D eigenvalue weighted by molar-refractivity contribution is 5.87. The van der Waals surface area contributed by atoms with Crippen molar-refractivity contribution in [1.29, 1.82) is 0 Å². The van der Waals surface area contributed by atoms with Crippen molar-refractivity contribution >= 4 is 18.0 Å². The van der Waals surface area contributed by atoms with Crippen LogP contribution in [0.15, 0.2) is 35.9 Å². The molecule has 0 bridgehead atoms. The number of aliphatic hydroxyl groups excluding tert-OH is 1. The van der Waals surface area contributed by atoms with Crippen molar-refractivity contribution in [3.8, 4) is 11.5 Å². The number of esters is 1. The van der Waals surface area contributed by atoms with Crippen molar-refractivity contribution in [2.24, 2.45) is 50.7 Å². The lowest BCUT2D eigenvalue weighted by Gasteiger charge is -2.72. The van der Waals surface area contributed by atoms with Crippen molar-refractivity contribution < 1.29 is 39.5 Å². The second kappa shape index (κ2) is 11.3. The fraction of sp³-hybridized carbons (Fsp3) is 0.700. The number of aromatic hydroxyl groups is 1. The number of carboxylic acid groups (broad SMARTS) is 1. The predicted octanol–water partition coefficient (Wildman–Crippen LogP) is 7.15. The molecule has 11 atom stereocenters. The van der Waals surface area contributed by atoms with Crippen LogP contribution in [0.25, 0.3) is 6.08 Å². The van der Waals surface area contributed by atoms with Crippen LogP contribution in [0, 0.1) is 50.7 Å². The van der Waals surface area contributed by atoms with Crippen LogP contribution in [-0.4, -0.2) is 57.3 Å². The molecule has 5 aliphatic carbocycles. The molecule has 0 heterocycles. The minimum absolute atomic E-state index is 0.00436. The van der Waals surface area contributed by atoms with Crippen LogP contribution >= 0.6 is 0 Å². The zero-order valence-corrected chi connectivity index (χ0v) is 30.0. The van der Waals surface area contributed by atoms with Gasteiger partial charge >= 0.3 is 11.9 Å². The first-order chi connectivity index (χ1) is 22.3. The van der Waals surface area contributed by atoms with Crippen molar-refractivity contribution in [2.75, 3.05) is 7.11 Å². The summed E-state index contributed by atoms with van der Waals surface area (Å²) in [6, 6.07) is 4.82. The van der Waals surface area contributed by atoms with Crippen molar-refractivity contribution in [2.45, 2.75) is 118 Å². The van der Waals surface area contributed by atoms with Crippen LogP contribution in [0.3, 0.4) is 0 Å². The maximum atomic E-state index is 13.2. The summed E-state index contributed by atoms with van der Waals surface area (Å²) in [4.78, 5) is 26.2. The van der Waals surface area contributed by atoms with E-state index in [2.05, 4.69) is 47.6 Å². The number of hydrogen-bond acceptors (Lipinski definition) is 7. The smallest absolute Gasteiger partial charge is 0.331 e. The SMILES string of the molecule is COc1cc(/C=C\C(=O)O[C@H]2[C@H](O)C[C@]3(C)[C@H]4CC=C5[C@H]6[C@](C(=O)O)(CC[C@@H](C)[C@@]6(C)O)CC[C@@]5(C)[C@]4(C)CC[C@H]3C2(C)C)ccc1O. The van der Waals surface area contributed by atoms with E-state index in [9.17, 15) is 30.0 Å². The normalized spacial score (nSPS) is 44.8. The lowest BCUT2D eigenvalue weighted by Crippen LogP contribution is -2.69. The highest BCUT2D eigenvalue weighted by atomic mass is 16.6. The van der Waals surface area contributed by atoms with Gasteiger partial charge in [0.2, 0.25) is 0 Å². The van der Waals surface area contributed by atoms with Gasteiger partial charge in [0.05, 0.1) is 24.2 Å². The fourth-order valence-corrected chi connectivity index (χ4v) is 12.3. The zero-order chi connectivity index (χ0) is 35.2. The van der Waals surface area contributed by atoms with Crippen LogP contribution < -0.4 is 4.74 Å². The second-order valence-electron chi connectivity index (χ2n) is 17.6. The molecule has 0 unspecified atom stereocenters. The van der Waals surface area contributed by atoms with Gasteiger partial charge in [-0.2, -0.15) is 0 Å². The molecule has 4 fully saturated rings. The number of carboxylic acids is 1. The summed E-state index contributed by atoms with van der Waals surface area (Å²) in [5, 5.41) is 44.4. The van der Waals surface area contributed by atoms with Gasteiger partial charge in [-0.05, 0) is 116 Å². The van der Waals surface area contributed by atoms with E-state index in [4.69, 9.17) is 9.47 Å². The number of benzene rings is 1. The number of carbonyl (C=O) groups is 2. The number of phenolic OH excluding ortho intramolecular Hbond substituents is 1. The van der Waals surface area contributed by atoms with Gasteiger partial charge in [0.25, 0.3) is 0 Å². The molecular weight excluding hydrogens is 608 g/mol. The molecule has 0 radical (unpaired) electrons. The Morgan fingerprint density at radius 1 is 0.979 bits per heavy atom. The van der Waals surface area contributed by atoms with Crippen LogP contribution in [-0.2, 0) is 14.3 Å². The van der Waals surface area contributed by atoms with E-state index in [1.54, 1.807) is 18.2 Å². The van der Waals surface area contributed by atoms with Gasteiger partial charge in [0.15, 0.2) is 11.5 Å². The van der Waals surface area contributed by atoms with Gasteiger partial charge in [0.1, 0.15) is 6.10 Å². The Kier molecular flexibility index (Phi) is 8.27. The molecule has 1 aromatic rings. The Labute approximate surface area is 285 Å². The molecular formula is C40H56O8. The van der Waals surface area contributed by atoms with Crippen LogP contribution in [0.5, 0.6) is 11.5 Å². The Bertz CT molecular complexity index is 1540. The van der Waals surface area contributed by atoms with E-state index in [0.29, 0.717) is 37.0 Å². The van der Waals surface area contributed by atoms with Crippen LogP contribution in [0.4, 0.5) is 0 Å². The highest BCUT2D eigenvalue weighted by Crippen LogP contribution is 2.76. The molecule has 8 heteroatoms. The summed E-state index contributed by atoms with van der Waals surface area (Å²) in [5.41, 5.74) is -1.43. The average molecular weight is 665 g/mol. The average Bonchev–Trinajstić information content (AvgIpc) is 3.00. The second-order valence-corrected chi connectivity index (χ2v) is 17.6. The molecule has 5 aliphatic rings. The maximum Gasteiger partial charge on any atom is 0.331 e. The van der Waals surface area contributed by atoms with Crippen molar-refractivity contribution in [1.82, 2.24) is 0 Å². The predicted molar refractivity (Wildman–Crippen MR) is 183 cm³/mol. The fourth-order valence-electron chi connectivity index (χ4n) is 12.3. The summed E-state index contributed by atoms with van der Waals surface area (Å²) < 4.78 is 11.2. The Morgan fingerprint density at radius 2 is 1.69 bits per heavy atom. The topological polar surface area (TPSA) is 134 Å². The minimum Gasteiger partial charge on any atom is -0.504 e. The summed E-state index contributed by atoms with van der Waals surface area (Å²) in [6.07, 6.45) is 9.52. The number of carbonyl (C=O) groups excluding carboxylic acids is 1. The molecule has 0 aliphatic heterocycles. The molecule has 1 aromatic carbocycles. The van der Waals surface area contributed by atoms with Crippen LogP contribution in [0.1, 0.15) is 105 Å². The summed E-state index contributed by atoms with van der Waals surface area (Å²) in [5.74, 6) is -0.985. The third-order valence-corrected chi connectivity index (χ3v) is 15.2. The van der Waals surface area contributed by atoms with Gasteiger partial charge < -0.3 is 29.9 Å². The summed E-state index contributed by atoms with van der Waals surface area (Å²) >= 11 is 0. The van der Waals surface area contributed by atoms with Gasteiger partial charge in [-0.15, -0.1) is 0 Å². The largest absolute Gasteiger partial charge is 0.504 e. The summed E-state index contributed by atoms with van der Waals surface area (Å²) in [6.45, 7) is 15.2. The first-order valence-electron chi connectivity index (χ1n) is 17.9. The van der Waals surface area contributed by atoms with Gasteiger partial charge in [-0.3, -0.25) is 4.79 Å². The molecule has 0 aromatic heterocycles. The molecule has 48 heavy (non-hydrogen) atoms. The molecule has 264 valence electrons. The Morgan fingerprint density at radius 3 is 2.35 bits per heavy atom. The van der Waals surface area contributed by atoms with E-state index >= 15 is 0 Å². The van der Waals surface area contributed by atoms with Gasteiger partial charge in [0, 0.05) is 17.4 Å². The third kappa shape index (κ3) is 4.74. The summed E-state index contributed by atoms with van der Waals surface area (Å²) in [7, 11) is 1.47. The standard InChI is InChI=1S/C40H56O8/c1-23-15-18-40(34(44)45)20-19-37(5)25(32(40)39(23,7)46)11-13-30-36(4)22-27(42)33(35(2,3)29(36)16-17-38(30,37)6)48-31(43)14-10-24-9-12-26(41)28(21-24)47-8/h9-12,14,21,23,27,29-30,32-33,41-42,46H,13,15-20,22H2,1-8H3,(H,44,45)/b14-10-/t23-,27-,29+,30-,32-,33+,36+,37-,38-,39-,40+/m1/s1. The van der Waals surface area contributed by atoms with Crippen LogP contribution in [0.2, 0.25) is 0 Å². The molecule has 4 saturated carbocycles. The minimum atomic E-state index is -1.11. The number of phenols is 1. The molecule has 6 rings (SSSR count). The molecule has 0 saturated heterocycles. The third-order valence-electron chi connectivity index (χ3n) is 15.2. The lowest BCUT2D eigenvalue weighted by molar-refractivity contribution is -0.242. The van der Waals surface area contributed by atoms with Crippen molar-refractivity contribution in [3.63, 3.8) is 0 Å². The number of hydrogen-bond donors (Lipinski definition) is 4. The van der Waals surface area contributed by atoms with E-state index in [1.165, 1.54) is 19.3 Å². The monoisotopic (exact) mass is 664 g/mol. The zero-order valence-electron chi connectivity index (χ0n) is 30.0. The Balaban J connectivity index is 1.29. The van der Waals surface area contributed by atoms with E-state index in [-0.39, 0.29) is 39.7 Å². The van der Waals surface area contributed by atoms with E-state index in [0.717, 1.165) is 31.3 Å². The number of aliphatic hydroxyl groups is 2. The number of allylic oxidation sites excluding steroid dienone is 1. The molecule has 0 spiro atoms. The van der Waals surface area contributed by atoms with Gasteiger partial charge in [-0.25, -0.2) is 4.79 Å². The first-order valence-corrected chi connectivity index (χ1v) is 17.9. The van der Waals surface area contributed by atoms with Gasteiger partial charge in [-0.1, -0.05) is 59.3 Å². The van der Waals surface area contributed by atoms with E-state index in [1.807, 2.05) is 6.92 Å². The molecule has 0 amide bonds. The molecule has 8 nitrogen and oxygen atoms in total. The Hall–Kier alpha value is -2.84. The van der Waals surface area contributed by atoms with Crippen molar-refractivity contribution in [3.05, 3.63) is 41.5 Å². The number of rotatable bonds is 5. The lowest BCUT2D eigenvalue weighted by atomic mass is 9.33. The quantitative estimate of drug-likeness (QED) is 0.148. The number of aliphatic carboxylic acids is 1. The first kappa shape index (κ1) is 35.0. The van der Waals surface area contributed by atoms with E-state index < -0.39 is 46.5 Å². The molecule has 4 N–H and O–H groups in total.